The quantitative estimate of drug-likeness (QED) is 0.0565. The highest BCUT2D eigenvalue weighted by molar-refractivity contribution is 7.84. The van der Waals surface area contributed by atoms with Gasteiger partial charge in [-0.3, -0.25) is 4.67 Å². The largest absolute Gasteiger partial charge is 0.500 e. The lowest BCUT2D eigenvalue weighted by Gasteiger charge is -2.41. The van der Waals surface area contributed by atoms with Crippen molar-refractivity contribution in [1.29, 1.82) is 0 Å². The summed E-state index contributed by atoms with van der Waals surface area (Å²) in [6.07, 6.45) is 0.812. The maximum absolute atomic E-state index is 5.79. The van der Waals surface area contributed by atoms with Gasteiger partial charge < -0.3 is 13.3 Å². The Morgan fingerprint density at radius 3 is 1.08 bits per heavy atom. The molecule has 7 aromatic rings. The van der Waals surface area contributed by atoms with Crippen LogP contribution in [0.3, 0.4) is 0 Å². The van der Waals surface area contributed by atoms with Crippen LogP contribution in [0.1, 0.15) is 11.1 Å². The normalized spacial score (nSPS) is 11.9. The van der Waals surface area contributed by atoms with Crippen molar-refractivity contribution in [2.45, 2.75) is 19.0 Å². The Labute approximate surface area is 356 Å². The topological polar surface area (TPSA) is 34.2 Å². The lowest BCUT2D eigenvalue weighted by molar-refractivity contribution is 0.123. The monoisotopic (exact) mass is 850 g/mol. The molecule has 0 atom stereocenters. The van der Waals surface area contributed by atoms with E-state index in [2.05, 4.69) is 215 Å². The average molecular weight is 851 g/mol. The number of hydrogen-bond acceptors (Lipinski definition) is 5. The first-order chi connectivity index (χ1) is 29.1. The summed E-state index contributed by atoms with van der Waals surface area (Å²) in [5.41, 5.74) is 2.54. The van der Waals surface area contributed by atoms with Crippen molar-refractivity contribution in [3.63, 3.8) is 0 Å². The van der Waals surface area contributed by atoms with Gasteiger partial charge in [0.2, 0.25) is 0 Å². The zero-order chi connectivity index (χ0) is 40.7. The highest BCUT2D eigenvalue weighted by Gasteiger charge is 2.37. The van der Waals surface area contributed by atoms with Crippen LogP contribution in [-0.4, -0.2) is 52.3 Å². The van der Waals surface area contributed by atoms with Crippen LogP contribution in [0, 0.1) is 0 Å². The predicted molar refractivity (Wildman–Crippen MR) is 256 cm³/mol. The van der Waals surface area contributed by atoms with Crippen molar-refractivity contribution in [2.24, 2.45) is 0 Å². The van der Waals surface area contributed by atoms with Gasteiger partial charge in [-0.1, -0.05) is 206 Å². The molecular weight excluding hydrogens is 798 g/mol. The Bertz CT molecular complexity index is 2050. The Hall–Kier alpha value is -4.15. The van der Waals surface area contributed by atoms with E-state index in [-0.39, 0.29) is 0 Å². The van der Waals surface area contributed by atoms with E-state index >= 15 is 0 Å². The molecule has 59 heavy (non-hydrogen) atoms. The molecule has 0 aliphatic carbocycles. The molecule has 5 nitrogen and oxygen atoms in total. The van der Waals surface area contributed by atoms with Crippen molar-refractivity contribution in [2.75, 3.05) is 34.4 Å². The fraction of sp³-hybridized carbons (Fsp3) is 0.160. The minimum Gasteiger partial charge on any atom is -0.377 e. The van der Waals surface area contributed by atoms with Gasteiger partial charge >= 0.3 is 8.80 Å². The summed E-state index contributed by atoms with van der Waals surface area (Å²) in [7, 11) is -0.424. The molecule has 7 rings (SSSR count). The molecule has 0 N–H and O–H groups in total. The Morgan fingerprint density at radius 1 is 0.390 bits per heavy atom. The summed E-state index contributed by atoms with van der Waals surface area (Å²) in [5, 5.41) is 8.09. The predicted octanol–water partition coefficient (Wildman–Crippen LogP) is 9.35. The summed E-state index contributed by atoms with van der Waals surface area (Å²) in [6.45, 7) is 2.50. The van der Waals surface area contributed by atoms with E-state index in [0.717, 1.165) is 26.1 Å². The van der Waals surface area contributed by atoms with Gasteiger partial charge in [0.25, 0.3) is 0 Å². The first kappa shape index (κ1) is 43.0. The minimum atomic E-state index is -2.72. The molecule has 0 aliphatic rings. The molecule has 0 radical (unpaired) electrons. The van der Waals surface area contributed by atoms with Crippen LogP contribution in [0.15, 0.2) is 206 Å². The summed E-state index contributed by atoms with van der Waals surface area (Å²) in [6, 6.07) is 76.7. The molecule has 0 unspecified atom stereocenters. The molecule has 300 valence electrons. The second-order valence-electron chi connectivity index (χ2n) is 14.0. The van der Waals surface area contributed by atoms with Crippen molar-refractivity contribution >= 4 is 64.8 Å². The molecule has 9 heteroatoms. The molecule has 7 aromatic carbocycles. The number of aryl methyl sites for hydroxylation is 1. The van der Waals surface area contributed by atoms with Gasteiger partial charge in [-0.25, -0.2) is 4.44 Å². The van der Waals surface area contributed by atoms with E-state index in [1.54, 1.807) is 21.3 Å². The van der Waals surface area contributed by atoms with Crippen molar-refractivity contribution in [3.8, 4) is 0 Å². The van der Waals surface area contributed by atoms with Crippen LogP contribution in [0.4, 0.5) is 0 Å². The maximum atomic E-state index is 5.79. The molecule has 0 amide bonds. The molecule has 0 aliphatic heterocycles. The van der Waals surface area contributed by atoms with Crippen LogP contribution in [0.25, 0.3) is 0 Å². The number of rotatable bonds is 20. The van der Waals surface area contributed by atoms with Crippen LogP contribution in [-0.2, 0) is 26.2 Å². The van der Waals surface area contributed by atoms with Crippen LogP contribution >= 0.6 is 24.2 Å². The van der Waals surface area contributed by atoms with E-state index < -0.39 is 33.0 Å². The Kier molecular flexibility index (Phi) is 16.0. The Balaban J connectivity index is 1.35. The molecule has 0 saturated heterocycles. The Morgan fingerprint density at radius 2 is 0.729 bits per heavy atom. The lowest BCUT2D eigenvalue weighted by Crippen LogP contribution is -2.43. The summed E-state index contributed by atoms with van der Waals surface area (Å²) in [4.78, 5) is 0. The summed E-state index contributed by atoms with van der Waals surface area (Å²) in [5.74, 6) is 0. The van der Waals surface area contributed by atoms with Crippen LogP contribution < -0.4 is 31.8 Å². The van der Waals surface area contributed by atoms with Crippen molar-refractivity contribution < 1.29 is 13.3 Å². The maximum Gasteiger partial charge on any atom is 0.500 e. The lowest BCUT2D eigenvalue weighted by atomic mass is 10.1. The van der Waals surface area contributed by atoms with Gasteiger partial charge in [-0.2, -0.15) is 0 Å². The van der Waals surface area contributed by atoms with E-state index in [4.69, 9.17) is 13.3 Å². The van der Waals surface area contributed by atoms with E-state index in [0.29, 0.717) is 6.04 Å². The molecule has 0 saturated carbocycles. The molecule has 0 aromatic heterocycles. The first-order valence-corrected chi connectivity index (χ1v) is 25.9. The summed E-state index contributed by atoms with van der Waals surface area (Å²) < 4.78 is 23.0. The standard InChI is InChI=1S/C50H53N2O3P3Si/c1-53-59(54-2,55-3)40-37-43-23-22-24-44(41-43)42-51(56(45-25-10-4-11-26-45)46-27-12-5-13-28-46)38-39-52(57(47-29-14-6-15-30-47)48-31-16-7-17-32-48)58(49-33-18-8-19-34-49)50-35-20-9-21-36-50/h4-36,41H,37-40,42H2,1-3H3. The minimum absolute atomic E-state index is 0.713. The smallest absolute Gasteiger partial charge is 0.377 e. The van der Waals surface area contributed by atoms with Gasteiger partial charge in [-0.15, -0.1) is 0 Å². The zero-order valence-electron chi connectivity index (χ0n) is 34.1. The second-order valence-corrected chi connectivity index (χ2v) is 24.0. The SMILES string of the molecule is CO[Si](CCc1cccc(CN(CCN(P(c2ccccc2)c2ccccc2)P(c2ccccc2)c2ccccc2)P(c2ccccc2)c2ccccc2)c1)(OC)OC. The van der Waals surface area contributed by atoms with Gasteiger partial charge in [0.1, 0.15) is 0 Å². The second kappa shape index (κ2) is 21.9. The molecular formula is C50H53N2O3P3Si. The first-order valence-electron chi connectivity index (χ1n) is 20.1. The highest BCUT2D eigenvalue weighted by Crippen LogP contribution is 2.54. The third-order valence-electron chi connectivity index (χ3n) is 10.3. The third kappa shape index (κ3) is 11.2. The third-order valence-corrected chi connectivity index (χ3v) is 21.1. The fourth-order valence-corrected chi connectivity index (χ4v) is 17.6. The number of benzene rings is 7. The zero-order valence-corrected chi connectivity index (χ0v) is 37.8. The fourth-order valence-electron chi connectivity index (χ4n) is 7.41. The number of hydrogen-bond donors (Lipinski definition) is 0. The van der Waals surface area contributed by atoms with Crippen LogP contribution in [0.2, 0.25) is 6.04 Å². The van der Waals surface area contributed by atoms with E-state index in [1.807, 2.05) is 0 Å². The van der Waals surface area contributed by atoms with Crippen molar-refractivity contribution in [3.05, 3.63) is 217 Å². The highest BCUT2D eigenvalue weighted by atomic mass is 31.2. The van der Waals surface area contributed by atoms with Gasteiger partial charge in [0, 0.05) is 71.2 Å². The van der Waals surface area contributed by atoms with Gasteiger partial charge in [-0.05, 0) is 49.4 Å². The van der Waals surface area contributed by atoms with Crippen LogP contribution in [0.5, 0.6) is 0 Å². The van der Waals surface area contributed by atoms with E-state index in [1.165, 1.54) is 43.0 Å². The molecule has 0 bridgehead atoms. The molecule has 0 fully saturated rings. The molecule has 0 heterocycles. The van der Waals surface area contributed by atoms with Gasteiger partial charge in [0.15, 0.2) is 0 Å². The van der Waals surface area contributed by atoms with Crippen molar-refractivity contribution in [1.82, 2.24) is 9.11 Å². The molecule has 0 spiro atoms. The van der Waals surface area contributed by atoms with E-state index in [9.17, 15) is 0 Å². The summed E-state index contributed by atoms with van der Waals surface area (Å²) >= 11 is 0. The van der Waals surface area contributed by atoms with Gasteiger partial charge in [0.05, 0.1) is 0 Å². The average Bonchev–Trinajstić information content (AvgIpc) is 3.31. The number of nitrogens with zero attached hydrogens (tertiary/aromatic N) is 2.